The Bertz CT molecular complexity index is 1130. The molecule has 0 bridgehead atoms. The predicted octanol–water partition coefficient (Wildman–Crippen LogP) is 2.84. The minimum absolute atomic E-state index is 0.0233. The smallest absolute Gasteiger partial charge is 0.342 e. The Morgan fingerprint density at radius 3 is 2.59 bits per heavy atom. The van der Waals surface area contributed by atoms with Crippen LogP contribution in [-0.4, -0.2) is 34.6 Å². The summed E-state index contributed by atoms with van der Waals surface area (Å²) < 4.78 is 11.7. The average molecular weight is 397 g/mol. The fraction of sp³-hybridized carbons (Fsp3) is 0.333. The van der Waals surface area contributed by atoms with Gasteiger partial charge in [-0.25, -0.2) is 9.78 Å². The minimum atomic E-state index is -0.651. The highest BCUT2D eigenvalue weighted by Crippen LogP contribution is 2.22. The van der Waals surface area contributed by atoms with E-state index in [1.54, 1.807) is 18.7 Å². The van der Waals surface area contributed by atoms with Crippen LogP contribution in [0.15, 0.2) is 39.8 Å². The molecule has 152 valence electrons. The van der Waals surface area contributed by atoms with Gasteiger partial charge in [-0.3, -0.25) is 14.2 Å². The Morgan fingerprint density at radius 2 is 1.93 bits per heavy atom. The van der Waals surface area contributed by atoms with E-state index in [9.17, 15) is 14.4 Å². The number of benzene rings is 1. The topological polar surface area (TPSA) is 94.6 Å². The number of carbonyl (C=O) groups is 2. The molecule has 0 saturated heterocycles. The standard InChI is InChI=1S/C21H23N3O5/c1-5-24(15-10-8-7-9-13(15)3)16(25)11-23-12-22-19-18(20(23)26)17(14(4)29-19)21(27)28-6-2/h7-10,12H,5-6,11H2,1-4H3. The second-order valence-corrected chi connectivity index (χ2v) is 6.54. The van der Waals surface area contributed by atoms with Gasteiger partial charge in [-0.2, -0.15) is 0 Å². The fourth-order valence-corrected chi connectivity index (χ4v) is 3.28. The molecule has 1 amide bonds. The molecule has 0 unspecified atom stereocenters. The molecule has 0 N–H and O–H groups in total. The Morgan fingerprint density at radius 1 is 1.21 bits per heavy atom. The maximum Gasteiger partial charge on any atom is 0.342 e. The molecule has 3 rings (SSSR count). The molecule has 2 heterocycles. The number of furan rings is 1. The summed E-state index contributed by atoms with van der Waals surface area (Å²) in [6.45, 7) is 7.44. The second kappa shape index (κ2) is 8.30. The van der Waals surface area contributed by atoms with Crippen molar-refractivity contribution in [3.8, 4) is 0 Å². The van der Waals surface area contributed by atoms with Gasteiger partial charge in [-0.15, -0.1) is 0 Å². The van der Waals surface area contributed by atoms with Crippen LogP contribution in [0.4, 0.5) is 5.69 Å². The first-order valence-corrected chi connectivity index (χ1v) is 9.40. The van der Waals surface area contributed by atoms with Crippen molar-refractivity contribution in [3.05, 3.63) is 57.8 Å². The SMILES string of the molecule is CCOC(=O)c1c(C)oc2ncn(CC(=O)N(CC)c3ccccc3C)c(=O)c12. The molecule has 29 heavy (non-hydrogen) atoms. The summed E-state index contributed by atoms with van der Waals surface area (Å²) in [5, 5.41) is 0.0233. The van der Waals surface area contributed by atoms with E-state index >= 15 is 0 Å². The third-order valence-corrected chi connectivity index (χ3v) is 4.66. The molecule has 1 aromatic carbocycles. The van der Waals surface area contributed by atoms with Crippen LogP contribution in [0.25, 0.3) is 11.1 Å². The number of hydrogen-bond acceptors (Lipinski definition) is 6. The molecule has 0 radical (unpaired) electrons. The van der Waals surface area contributed by atoms with Gasteiger partial charge in [-0.1, -0.05) is 18.2 Å². The number of aryl methyl sites for hydroxylation is 2. The lowest BCUT2D eigenvalue weighted by atomic mass is 10.1. The number of esters is 1. The van der Waals surface area contributed by atoms with Crippen molar-refractivity contribution in [2.45, 2.75) is 34.2 Å². The molecule has 0 saturated carbocycles. The molecule has 0 atom stereocenters. The molecule has 3 aromatic rings. The zero-order valence-corrected chi connectivity index (χ0v) is 16.9. The Labute approximate surface area is 167 Å². The zero-order chi connectivity index (χ0) is 21.1. The molecule has 0 aliphatic rings. The summed E-state index contributed by atoms with van der Waals surface area (Å²) in [5.74, 6) is -0.660. The largest absolute Gasteiger partial charge is 0.462 e. The number of rotatable bonds is 6. The maximum absolute atomic E-state index is 13.0. The molecular weight excluding hydrogens is 374 g/mol. The molecule has 0 fully saturated rings. The number of hydrogen-bond donors (Lipinski definition) is 0. The van der Waals surface area contributed by atoms with E-state index in [4.69, 9.17) is 9.15 Å². The fourth-order valence-electron chi connectivity index (χ4n) is 3.28. The van der Waals surface area contributed by atoms with Crippen molar-refractivity contribution in [2.24, 2.45) is 0 Å². The van der Waals surface area contributed by atoms with Gasteiger partial charge in [0.25, 0.3) is 5.56 Å². The number of fused-ring (bicyclic) bond motifs is 1. The first kappa shape index (κ1) is 20.3. The molecule has 0 aliphatic heterocycles. The predicted molar refractivity (Wildman–Crippen MR) is 108 cm³/mol. The van der Waals surface area contributed by atoms with E-state index in [0.29, 0.717) is 6.54 Å². The Kier molecular flexibility index (Phi) is 5.81. The monoisotopic (exact) mass is 397 g/mol. The number of amides is 1. The first-order chi connectivity index (χ1) is 13.9. The number of ether oxygens (including phenoxy) is 1. The van der Waals surface area contributed by atoms with Gasteiger partial charge in [-0.05, 0) is 39.3 Å². The van der Waals surface area contributed by atoms with Gasteiger partial charge in [0.1, 0.15) is 29.6 Å². The van der Waals surface area contributed by atoms with Crippen LogP contribution in [-0.2, 0) is 16.1 Å². The maximum atomic E-state index is 13.0. The number of carbonyl (C=O) groups excluding carboxylic acids is 2. The summed E-state index contributed by atoms with van der Waals surface area (Å²) in [6, 6.07) is 7.54. The summed E-state index contributed by atoms with van der Waals surface area (Å²) in [5.41, 5.74) is 1.31. The number of aromatic nitrogens is 2. The van der Waals surface area contributed by atoms with Crippen LogP contribution in [0.5, 0.6) is 0 Å². The van der Waals surface area contributed by atoms with E-state index in [2.05, 4.69) is 4.98 Å². The van der Waals surface area contributed by atoms with Gasteiger partial charge < -0.3 is 14.1 Å². The third-order valence-electron chi connectivity index (χ3n) is 4.66. The van der Waals surface area contributed by atoms with E-state index in [-0.39, 0.29) is 41.5 Å². The summed E-state index contributed by atoms with van der Waals surface area (Å²) in [7, 11) is 0. The van der Waals surface area contributed by atoms with Crippen LogP contribution in [0.3, 0.4) is 0 Å². The van der Waals surface area contributed by atoms with Crippen molar-refractivity contribution in [2.75, 3.05) is 18.1 Å². The zero-order valence-electron chi connectivity index (χ0n) is 16.9. The molecule has 0 aliphatic carbocycles. The molecule has 2 aromatic heterocycles. The summed E-state index contributed by atoms with van der Waals surface area (Å²) in [4.78, 5) is 43.9. The van der Waals surface area contributed by atoms with Gasteiger partial charge in [0.05, 0.1) is 6.61 Å². The summed E-state index contributed by atoms with van der Waals surface area (Å²) in [6.07, 6.45) is 1.26. The van der Waals surface area contributed by atoms with E-state index < -0.39 is 11.5 Å². The van der Waals surface area contributed by atoms with Gasteiger partial charge >= 0.3 is 5.97 Å². The van der Waals surface area contributed by atoms with Crippen LogP contribution >= 0.6 is 0 Å². The Balaban J connectivity index is 2.00. The summed E-state index contributed by atoms with van der Waals surface area (Å²) >= 11 is 0. The van der Waals surface area contributed by atoms with Gasteiger partial charge in [0.15, 0.2) is 0 Å². The van der Waals surface area contributed by atoms with E-state index in [0.717, 1.165) is 11.3 Å². The molecule has 8 heteroatoms. The highest BCUT2D eigenvalue weighted by atomic mass is 16.5. The highest BCUT2D eigenvalue weighted by molar-refractivity contribution is 6.03. The number of para-hydroxylation sites is 1. The molecule has 8 nitrogen and oxygen atoms in total. The van der Waals surface area contributed by atoms with Crippen molar-refractivity contribution in [1.82, 2.24) is 9.55 Å². The minimum Gasteiger partial charge on any atom is -0.462 e. The lowest BCUT2D eigenvalue weighted by Gasteiger charge is -2.23. The van der Waals surface area contributed by atoms with Crippen LogP contribution < -0.4 is 10.5 Å². The number of nitrogens with zero attached hydrogens (tertiary/aromatic N) is 3. The van der Waals surface area contributed by atoms with Crippen molar-refractivity contribution in [1.29, 1.82) is 0 Å². The van der Waals surface area contributed by atoms with Crippen LogP contribution in [0.2, 0.25) is 0 Å². The van der Waals surface area contributed by atoms with Gasteiger partial charge in [0, 0.05) is 12.2 Å². The van der Waals surface area contributed by atoms with Crippen molar-refractivity contribution < 1.29 is 18.7 Å². The van der Waals surface area contributed by atoms with Crippen molar-refractivity contribution >= 4 is 28.7 Å². The average Bonchev–Trinajstić information content (AvgIpc) is 3.03. The van der Waals surface area contributed by atoms with E-state index in [1.165, 1.54) is 10.9 Å². The highest BCUT2D eigenvalue weighted by Gasteiger charge is 2.25. The van der Waals surface area contributed by atoms with Gasteiger partial charge in [0.2, 0.25) is 11.6 Å². The quantitative estimate of drug-likeness (QED) is 0.594. The van der Waals surface area contributed by atoms with Crippen LogP contribution in [0, 0.1) is 13.8 Å². The normalized spacial score (nSPS) is 10.9. The Hall–Kier alpha value is -3.42. The lowest BCUT2D eigenvalue weighted by Crippen LogP contribution is -2.37. The number of likely N-dealkylation sites (N-methyl/N-ethyl adjacent to an activating group) is 1. The number of anilines is 1. The van der Waals surface area contributed by atoms with E-state index in [1.807, 2.05) is 38.1 Å². The first-order valence-electron chi connectivity index (χ1n) is 9.40. The lowest BCUT2D eigenvalue weighted by molar-refractivity contribution is -0.119. The molecule has 0 spiro atoms. The third kappa shape index (κ3) is 3.78. The second-order valence-electron chi connectivity index (χ2n) is 6.54. The molecular formula is C21H23N3O5. The van der Waals surface area contributed by atoms with Crippen LogP contribution in [0.1, 0.15) is 35.5 Å². The van der Waals surface area contributed by atoms with Crippen molar-refractivity contribution in [3.63, 3.8) is 0 Å².